The molecule has 0 unspecified atom stereocenters. The van der Waals surface area contributed by atoms with Crippen LogP contribution in [0.5, 0.6) is 0 Å². The molecule has 1 aromatic heterocycles. The molecule has 6 heteroatoms. The lowest BCUT2D eigenvalue weighted by molar-refractivity contribution is 0.270. The van der Waals surface area contributed by atoms with Crippen molar-refractivity contribution in [3.8, 4) is 11.3 Å². The van der Waals surface area contributed by atoms with E-state index in [0.29, 0.717) is 17.1 Å². The van der Waals surface area contributed by atoms with Crippen LogP contribution in [0, 0.1) is 6.92 Å². The highest BCUT2D eigenvalue weighted by Gasteiger charge is 2.06. The van der Waals surface area contributed by atoms with E-state index in [1.165, 1.54) is 6.07 Å². The van der Waals surface area contributed by atoms with Gasteiger partial charge in [-0.2, -0.15) is 5.10 Å². The summed E-state index contributed by atoms with van der Waals surface area (Å²) in [6.07, 6.45) is 1.68. The second kappa shape index (κ2) is 6.90. The predicted octanol–water partition coefficient (Wildman–Crippen LogP) is 3.20. The van der Waals surface area contributed by atoms with Crippen LogP contribution in [0.1, 0.15) is 5.56 Å². The Kier molecular flexibility index (Phi) is 4.94. The van der Waals surface area contributed by atoms with Gasteiger partial charge in [-0.3, -0.25) is 9.59 Å². The van der Waals surface area contributed by atoms with E-state index >= 15 is 0 Å². The number of H-pyrrole nitrogens is 1. The van der Waals surface area contributed by atoms with Gasteiger partial charge in [0, 0.05) is 23.1 Å². The minimum absolute atomic E-state index is 0.124. The van der Waals surface area contributed by atoms with Crippen molar-refractivity contribution in [1.82, 2.24) is 10.2 Å². The van der Waals surface area contributed by atoms with Crippen LogP contribution in [-0.2, 0) is 0 Å². The molecular weight excluding hydrogens is 286 g/mol. The van der Waals surface area contributed by atoms with E-state index in [2.05, 4.69) is 22.1 Å². The van der Waals surface area contributed by atoms with E-state index in [1.807, 2.05) is 19.1 Å². The molecule has 2 rings (SSSR count). The highest BCUT2D eigenvalue weighted by Crippen LogP contribution is 2.21. The molecule has 21 heavy (non-hydrogen) atoms. The second-order valence-corrected chi connectivity index (χ2v) is 5.35. The molecule has 0 aliphatic heterocycles. The van der Waals surface area contributed by atoms with Crippen molar-refractivity contribution in [2.45, 2.75) is 6.92 Å². The topological polar surface area (TPSA) is 74.8 Å². The van der Waals surface area contributed by atoms with Crippen LogP contribution in [0.25, 0.3) is 11.3 Å². The average molecular weight is 301 g/mol. The summed E-state index contributed by atoms with van der Waals surface area (Å²) in [7, 11) is 0. The van der Waals surface area contributed by atoms with Gasteiger partial charge < -0.3 is 5.32 Å². The van der Waals surface area contributed by atoms with Crippen molar-refractivity contribution in [1.29, 1.82) is 0 Å². The zero-order chi connectivity index (χ0) is 15.2. The first-order valence-corrected chi connectivity index (χ1v) is 7.30. The van der Waals surface area contributed by atoms with Crippen LogP contribution in [0.15, 0.2) is 47.8 Å². The van der Waals surface area contributed by atoms with E-state index in [0.717, 1.165) is 22.9 Å². The third-order valence-corrected chi connectivity index (χ3v) is 3.50. The van der Waals surface area contributed by atoms with Crippen molar-refractivity contribution < 1.29 is 4.79 Å². The summed E-state index contributed by atoms with van der Waals surface area (Å²) < 4.78 is 0. The van der Waals surface area contributed by atoms with E-state index < -0.39 is 0 Å². The maximum Gasteiger partial charge on any atom is 0.283 e. The number of amides is 1. The van der Waals surface area contributed by atoms with E-state index in [4.69, 9.17) is 0 Å². The van der Waals surface area contributed by atoms with Crippen molar-refractivity contribution in [3.05, 3.63) is 58.9 Å². The number of rotatable bonds is 4. The van der Waals surface area contributed by atoms with Gasteiger partial charge in [0.15, 0.2) is 0 Å². The van der Waals surface area contributed by atoms with Gasteiger partial charge in [-0.1, -0.05) is 30.0 Å². The lowest BCUT2D eigenvalue weighted by Crippen LogP contribution is -2.08. The number of hydrogen-bond acceptors (Lipinski definition) is 4. The van der Waals surface area contributed by atoms with Crippen LogP contribution in [0.3, 0.4) is 0 Å². The summed E-state index contributed by atoms with van der Waals surface area (Å²) >= 11 is 1.16. The number of carbonyl (C=O) groups is 1. The summed E-state index contributed by atoms with van der Waals surface area (Å²) in [6.45, 7) is 5.40. The van der Waals surface area contributed by atoms with Gasteiger partial charge in [-0.15, -0.1) is 6.58 Å². The van der Waals surface area contributed by atoms with Crippen LogP contribution in [0.4, 0.5) is 10.5 Å². The van der Waals surface area contributed by atoms with Gasteiger partial charge >= 0.3 is 0 Å². The molecule has 2 aromatic rings. The Morgan fingerprint density at radius 1 is 1.43 bits per heavy atom. The molecule has 0 fully saturated rings. The van der Waals surface area contributed by atoms with Crippen molar-refractivity contribution in [2.75, 3.05) is 11.1 Å². The molecule has 5 nitrogen and oxygen atoms in total. The summed E-state index contributed by atoms with van der Waals surface area (Å²) in [5.41, 5.74) is 2.88. The number of hydrogen-bond donors (Lipinski definition) is 2. The fraction of sp³-hybridized carbons (Fsp3) is 0.133. The summed E-state index contributed by atoms with van der Waals surface area (Å²) in [5, 5.41) is 9.11. The Labute approximate surface area is 126 Å². The SMILES string of the molecule is C=CCSC(=O)Nc1ccc(-c2n[nH]c(=O)cc2C)cc1. The van der Waals surface area contributed by atoms with Gasteiger partial charge in [0.25, 0.3) is 10.8 Å². The number of aryl methyl sites for hydroxylation is 1. The number of nitrogens with one attached hydrogen (secondary N) is 2. The quantitative estimate of drug-likeness (QED) is 0.850. The Hall–Kier alpha value is -2.34. The molecule has 1 amide bonds. The standard InChI is InChI=1S/C15H15N3O2S/c1-3-8-21-15(20)16-12-6-4-11(5-7-12)14-10(2)9-13(19)17-18-14/h3-7,9H,1,8H2,2H3,(H,16,20)(H,17,19). The number of anilines is 1. The minimum Gasteiger partial charge on any atom is -0.317 e. The number of aromatic nitrogens is 2. The van der Waals surface area contributed by atoms with E-state index in [9.17, 15) is 9.59 Å². The molecule has 0 spiro atoms. The first-order chi connectivity index (χ1) is 10.1. The predicted molar refractivity (Wildman–Crippen MR) is 86.7 cm³/mol. The van der Waals surface area contributed by atoms with Crippen molar-refractivity contribution in [3.63, 3.8) is 0 Å². The van der Waals surface area contributed by atoms with Gasteiger partial charge in [-0.05, 0) is 24.6 Å². The highest BCUT2D eigenvalue weighted by atomic mass is 32.2. The van der Waals surface area contributed by atoms with E-state index in [-0.39, 0.29) is 10.8 Å². The first kappa shape index (κ1) is 15.1. The maximum atomic E-state index is 11.6. The average Bonchev–Trinajstić information content (AvgIpc) is 2.46. The summed E-state index contributed by atoms with van der Waals surface area (Å²) in [5.74, 6) is 0.574. The largest absolute Gasteiger partial charge is 0.317 e. The maximum absolute atomic E-state index is 11.6. The normalized spacial score (nSPS) is 10.1. The van der Waals surface area contributed by atoms with Crippen molar-refractivity contribution in [2.24, 2.45) is 0 Å². The lowest BCUT2D eigenvalue weighted by atomic mass is 10.1. The third kappa shape index (κ3) is 4.06. The Bertz CT molecular complexity index is 708. The fourth-order valence-corrected chi connectivity index (χ4v) is 2.25. The molecule has 0 atom stereocenters. The first-order valence-electron chi connectivity index (χ1n) is 6.31. The Morgan fingerprint density at radius 2 is 2.14 bits per heavy atom. The molecule has 0 saturated heterocycles. The zero-order valence-electron chi connectivity index (χ0n) is 11.6. The van der Waals surface area contributed by atoms with Gasteiger partial charge in [0.05, 0.1) is 5.69 Å². The molecule has 1 heterocycles. The van der Waals surface area contributed by atoms with Gasteiger partial charge in [-0.25, -0.2) is 5.10 Å². The smallest absolute Gasteiger partial charge is 0.283 e. The summed E-state index contributed by atoms with van der Waals surface area (Å²) in [4.78, 5) is 22.7. The Balaban J connectivity index is 2.13. The zero-order valence-corrected chi connectivity index (χ0v) is 12.4. The minimum atomic E-state index is -0.223. The number of carbonyl (C=O) groups excluding carboxylic acids is 1. The van der Waals surface area contributed by atoms with Gasteiger partial charge in [0.1, 0.15) is 0 Å². The molecule has 0 radical (unpaired) electrons. The molecular formula is C15H15N3O2S. The highest BCUT2D eigenvalue weighted by molar-refractivity contribution is 8.14. The van der Waals surface area contributed by atoms with Crippen LogP contribution < -0.4 is 10.9 Å². The summed E-state index contributed by atoms with van der Waals surface area (Å²) in [6, 6.07) is 8.80. The number of aromatic amines is 1. The van der Waals surface area contributed by atoms with Crippen molar-refractivity contribution >= 4 is 22.7 Å². The van der Waals surface area contributed by atoms with Gasteiger partial charge in [0.2, 0.25) is 0 Å². The lowest BCUT2D eigenvalue weighted by Gasteiger charge is -2.06. The molecule has 2 N–H and O–H groups in total. The molecule has 0 saturated carbocycles. The number of benzene rings is 1. The second-order valence-electron chi connectivity index (χ2n) is 4.35. The molecule has 0 aliphatic rings. The monoisotopic (exact) mass is 301 g/mol. The van der Waals surface area contributed by atoms with Crippen LogP contribution in [-0.4, -0.2) is 21.2 Å². The molecule has 0 bridgehead atoms. The van der Waals surface area contributed by atoms with Crippen LogP contribution in [0.2, 0.25) is 0 Å². The number of nitrogens with zero attached hydrogens (tertiary/aromatic N) is 1. The fourth-order valence-electron chi connectivity index (χ4n) is 1.79. The van der Waals surface area contributed by atoms with E-state index in [1.54, 1.807) is 18.2 Å². The third-order valence-electron chi connectivity index (χ3n) is 2.74. The molecule has 1 aromatic carbocycles. The molecule has 0 aliphatic carbocycles. The number of thioether (sulfide) groups is 1. The van der Waals surface area contributed by atoms with Crippen LogP contribution >= 0.6 is 11.8 Å². The Morgan fingerprint density at radius 3 is 2.76 bits per heavy atom. The molecule has 108 valence electrons.